The second-order valence-corrected chi connectivity index (χ2v) is 6.25. The molecule has 2 aromatic heterocycles. The van der Waals surface area contributed by atoms with Crippen LogP contribution in [0.15, 0.2) is 17.9 Å². The molecule has 5 nitrogen and oxygen atoms in total. The van der Waals surface area contributed by atoms with Gasteiger partial charge in [-0.25, -0.2) is 0 Å². The van der Waals surface area contributed by atoms with Crippen LogP contribution in [0.4, 0.5) is 0 Å². The first kappa shape index (κ1) is 13.3. The summed E-state index contributed by atoms with van der Waals surface area (Å²) in [5.41, 5.74) is 4.11. The summed E-state index contributed by atoms with van der Waals surface area (Å²) in [7, 11) is 0. The van der Waals surface area contributed by atoms with Crippen molar-refractivity contribution in [3.63, 3.8) is 0 Å². The van der Waals surface area contributed by atoms with Gasteiger partial charge in [-0.05, 0) is 37.7 Å². The summed E-state index contributed by atoms with van der Waals surface area (Å²) in [5, 5.41) is 7.13. The largest absolute Gasteiger partial charge is 0.338 e. The molecule has 0 aliphatic carbocycles. The number of nitrogens with one attached hydrogen (secondary N) is 1. The SMILES string of the molecule is Cc1cn[nH]c1CC1CCCN(C(=O)c2cncs2)C1. The van der Waals surface area contributed by atoms with Crippen molar-refractivity contribution >= 4 is 17.2 Å². The molecule has 0 saturated carbocycles. The van der Waals surface area contributed by atoms with E-state index in [4.69, 9.17) is 0 Å². The van der Waals surface area contributed by atoms with Gasteiger partial charge in [-0.15, -0.1) is 11.3 Å². The van der Waals surface area contributed by atoms with Gasteiger partial charge in [-0.2, -0.15) is 5.10 Å². The fourth-order valence-corrected chi connectivity index (χ4v) is 3.35. The molecular formula is C14H18N4OS. The zero-order valence-electron chi connectivity index (χ0n) is 11.5. The summed E-state index contributed by atoms with van der Waals surface area (Å²) in [6, 6.07) is 0. The van der Waals surface area contributed by atoms with Crippen LogP contribution in [0.5, 0.6) is 0 Å². The normalized spacial score (nSPS) is 19.2. The summed E-state index contributed by atoms with van der Waals surface area (Å²) in [4.78, 5) is 19.0. The average Bonchev–Trinajstić information content (AvgIpc) is 3.11. The maximum atomic E-state index is 12.4. The van der Waals surface area contributed by atoms with Crippen LogP contribution in [-0.4, -0.2) is 39.1 Å². The molecule has 1 N–H and O–H groups in total. The van der Waals surface area contributed by atoms with Crippen molar-refractivity contribution in [3.8, 4) is 0 Å². The molecule has 3 heterocycles. The molecule has 1 atom stereocenters. The number of nitrogens with zero attached hydrogens (tertiary/aromatic N) is 3. The van der Waals surface area contributed by atoms with Crippen molar-refractivity contribution in [2.24, 2.45) is 5.92 Å². The highest BCUT2D eigenvalue weighted by Gasteiger charge is 2.25. The first-order valence-corrected chi connectivity index (χ1v) is 7.78. The molecule has 20 heavy (non-hydrogen) atoms. The number of H-pyrrole nitrogens is 1. The predicted octanol–water partition coefficient (Wildman–Crippen LogP) is 2.27. The van der Waals surface area contributed by atoms with Gasteiger partial charge in [-0.3, -0.25) is 14.9 Å². The fourth-order valence-electron chi connectivity index (χ4n) is 2.76. The number of hydrogen-bond donors (Lipinski definition) is 1. The van der Waals surface area contributed by atoms with Crippen LogP contribution in [0.25, 0.3) is 0 Å². The third kappa shape index (κ3) is 2.75. The third-order valence-corrected chi connectivity index (χ3v) is 4.64. The molecular weight excluding hydrogens is 272 g/mol. The number of rotatable bonds is 3. The lowest BCUT2D eigenvalue weighted by Gasteiger charge is -2.32. The molecule has 0 spiro atoms. The molecule has 0 bridgehead atoms. The Morgan fingerprint density at radius 2 is 2.45 bits per heavy atom. The van der Waals surface area contributed by atoms with Gasteiger partial charge in [0.15, 0.2) is 0 Å². The molecule has 106 valence electrons. The number of aromatic nitrogens is 3. The fraction of sp³-hybridized carbons (Fsp3) is 0.500. The van der Waals surface area contributed by atoms with Gasteiger partial charge in [0.2, 0.25) is 0 Å². The first-order valence-electron chi connectivity index (χ1n) is 6.90. The number of amides is 1. The van der Waals surface area contributed by atoms with Crippen molar-refractivity contribution in [1.29, 1.82) is 0 Å². The van der Waals surface area contributed by atoms with E-state index in [1.807, 2.05) is 11.1 Å². The van der Waals surface area contributed by atoms with E-state index in [1.165, 1.54) is 29.0 Å². The maximum absolute atomic E-state index is 12.4. The molecule has 2 aromatic rings. The Bertz CT molecular complexity index is 578. The Hall–Kier alpha value is -1.69. The Balaban J connectivity index is 1.65. The lowest BCUT2D eigenvalue weighted by molar-refractivity contribution is 0.0677. The minimum Gasteiger partial charge on any atom is -0.338 e. The highest BCUT2D eigenvalue weighted by molar-refractivity contribution is 7.11. The van der Waals surface area contributed by atoms with E-state index in [2.05, 4.69) is 22.1 Å². The quantitative estimate of drug-likeness (QED) is 0.943. The van der Waals surface area contributed by atoms with Crippen molar-refractivity contribution in [2.75, 3.05) is 13.1 Å². The third-order valence-electron chi connectivity index (χ3n) is 3.88. The van der Waals surface area contributed by atoms with Gasteiger partial charge in [0, 0.05) is 18.8 Å². The van der Waals surface area contributed by atoms with Gasteiger partial charge in [0.25, 0.3) is 5.91 Å². The molecule has 1 aliphatic heterocycles. The summed E-state index contributed by atoms with van der Waals surface area (Å²) >= 11 is 1.42. The van der Waals surface area contributed by atoms with E-state index >= 15 is 0 Å². The minimum atomic E-state index is 0.124. The smallest absolute Gasteiger partial charge is 0.265 e. The van der Waals surface area contributed by atoms with E-state index in [9.17, 15) is 4.79 Å². The number of hydrogen-bond acceptors (Lipinski definition) is 4. The molecule has 1 amide bonds. The van der Waals surface area contributed by atoms with Crippen molar-refractivity contribution in [2.45, 2.75) is 26.2 Å². The molecule has 0 aromatic carbocycles. The zero-order chi connectivity index (χ0) is 13.9. The summed E-state index contributed by atoms with van der Waals surface area (Å²) in [6.45, 7) is 3.76. The van der Waals surface area contributed by atoms with Crippen LogP contribution >= 0.6 is 11.3 Å². The highest BCUT2D eigenvalue weighted by Crippen LogP contribution is 2.23. The monoisotopic (exact) mass is 290 g/mol. The van der Waals surface area contributed by atoms with Crippen LogP contribution in [0.3, 0.4) is 0 Å². The second-order valence-electron chi connectivity index (χ2n) is 5.36. The molecule has 1 unspecified atom stereocenters. The lowest BCUT2D eigenvalue weighted by atomic mass is 9.92. The Labute approximate surface area is 122 Å². The topological polar surface area (TPSA) is 61.9 Å². The van der Waals surface area contributed by atoms with Crippen LogP contribution in [0.1, 0.15) is 33.8 Å². The highest BCUT2D eigenvalue weighted by atomic mass is 32.1. The van der Waals surface area contributed by atoms with E-state index in [-0.39, 0.29) is 5.91 Å². The molecule has 1 fully saturated rings. The summed E-state index contributed by atoms with van der Waals surface area (Å²) in [6.07, 6.45) is 6.74. The standard InChI is InChI=1S/C14H18N4OS/c1-10-6-16-17-12(10)5-11-3-2-4-18(8-11)14(19)13-7-15-9-20-13/h6-7,9,11H,2-5,8H2,1H3,(H,16,17). The number of aromatic amines is 1. The molecule has 3 rings (SSSR count). The summed E-state index contributed by atoms with van der Waals surface area (Å²) in [5.74, 6) is 0.637. The number of piperidine rings is 1. The number of carbonyl (C=O) groups excluding carboxylic acids is 1. The second kappa shape index (κ2) is 5.75. The van der Waals surface area contributed by atoms with Crippen LogP contribution in [-0.2, 0) is 6.42 Å². The van der Waals surface area contributed by atoms with Gasteiger partial charge in [0.05, 0.1) is 17.9 Å². The first-order chi connectivity index (χ1) is 9.74. The van der Waals surface area contributed by atoms with E-state index in [0.29, 0.717) is 5.92 Å². The van der Waals surface area contributed by atoms with Crippen molar-refractivity contribution in [1.82, 2.24) is 20.1 Å². The molecule has 1 saturated heterocycles. The molecule has 6 heteroatoms. The number of aryl methyl sites for hydroxylation is 1. The minimum absolute atomic E-state index is 0.124. The van der Waals surface area contributed by atoms with Crippen LogP contribution < -0.4 is 0 Å². The van der Waals surface area contributed by atoms with Gasteiger partial charge in [0.1, 0.15) is 4.88 Å². The van der Waals surface area contributed by atoms with Crippen molar-refractivity contribution in [3.05, 3.63) is 34.0 Å². The van der Waals surface area contributed by atoms with Crippen LogP contribution in [0, 0.1) is 12.8 Å². The van der Waals surface area contributed by atoms with E-state index < -0.39 is 0 Å². The average molecular weight is 290 g/mol. The van der Waals surface area contributed by atoms with E-state index in [0.717, 1.165) is 30.8 Å². The number of carbonyl (C=O) groups is 1. The van der Waals surface area contributed by atoms with Gasteiger partial charge >= 0.3 is 0 Å². The van der Waals surface area contributed by atoms with Crippen molar-refractivity contribution < 1.29 is 4.79 Å². The molecule has 0 radical (unpaired) electrons. The summed E-state index contributed by atoms with van der Waals surface area (Å²) < 4.78 is 0. The zero-order valence-corrected chi connectivity index (χ0v) is 12.3. The Kier molecular flexibility index (Phi) is 3.82. The number of likely N-dealkylation sites (tertiary alicyclic amines) is 1. The van der Waals surface area contributed by atoms with Crippen LogP contribution in [0.2, 0.25) is 0 Å². The number of thiazole rings is 1. The lowest BCUT2D eigenvalue weighted by Crippen LogP contribution is -2.40. The van der Waals surface area contributed by atoms with E-state index in [1.54, 1.807) is 11.7 Å². The Morgan fingerprint density at radius 1 is 1.55 bits per heavy atom. The van der Waals surface area contributed by atoms with Gasteiger partial charge < -0.3 is 4.90 Å². The molecule has 1 aliphatic rings. The Morgan fingerprint density at radius 3 is 3.15 bits per heavy atom. The maximum Gasteiger partial charge on any atom is 0.265 e. The predicted molar refractivity (Wildman–Crippen MR) is 77.8 cm³/mol. The van der Waals surface area contributed by atoms with Gasteiger partial charge in [-0.1, -0.05) is 0 Å².